The van der Waals surface area contributed by atoms with Gasteiger partial charge in [0.05, 0.1) is 11.4 Å². The molecule has 0 saturated heterocycles. The summed E-state index contributed by atoms with van der Waals surface area (Å²) in [6, 6.07) is 9.56. The number of urea groups is 1. The van der Waals surface area contributed by atoms with Crippen molar-refractivity contribution < 1.29 is 9.35 Å². The van der Waals surface area contributed by atoms with Gasteiger partial charge in [-0.25, -0.2) is 4.79 Å². The van der Waals surface area contributed by atoms with Gasteiger partial charge in [-0.15, -0.1) is 0 Å². The highest BCUT2D eigenvalue weighted by molar-refractivity contribution is 9.10. The fourth-order valence-corrected chi connectivity index (χ4v) is 5.48. The molecule has 136 valence electrons. The van der Waals surface area contributed by atoms with Gasteiger partial charge in [-0.2, -0.15) is 4.72 Å². The number of carbonyl (C=O) groups excluding carboxylic acids is 1. The van der Waals surface area contributed by atoms with Crippen LogP contribution >= 0.6 is 15.9 Å². The molecule has 0 aliphatic heterocycles. The highest BCUT2D eigenvalue weighted by atomic mass is 79.9. The van der Waals surface area contributed by atoms with Crippen LogP contribution in [0.25, 0.3) is 0 Å². The molecule has 1 atom stereocenters. The van der Waals surface area contributed by atoms with Crippen molar-refractivity contribution >= 4 is 39.0 Å². The Morgan fingerprint density at radius 2 is 1.73 bits per heavy atom. The Kier molecular flexibility index (Phi) is 5.25. The van der Waals surface area contributed by atoms with Gasteiger partial charge < -0.3 is 9.87 Å². The minimum absolute atomic E-state index is 0.278. The Bertz CT molecular complexity index is 824. The Morgan fingerprint density at radius 1 is 1.08 bits per heavy atom. The van der Waals surface area contributed by atoms with Crippen molar-refractivity contribution in [3.63, 3.8) is 0 Å². The summed E-state index contributed by atoms with van der Waals surface area (Å²) in [5.41, 5.74) is 7.18. The molecular weight excluding hydrogens is 412 g/mol. The Morgan fingerprint density at radius 3 is 2.38 bits per heavy atom. The van der Waals surface area contributed by atoms with Crippen molar-refractivity contribution in [2.24, 2.45) is 0 Å². The number of aryl methyl sites for hydroxylation is 2. The molecule has 2 N–H and O–H groups in total. The smallest absolute Gasteiger partial charge is 0.360 e. The molecule has 4 nitrogen and oxygen atoms in total. The molecule has 0 fully saturated rings. The standard InChI is InChI=1S/C20H21BrN2O2S/c21-18-10-2-1-5-15(18)12-26(25)23-20(24)22-19-16-8-3-6-13(16)11-14-7-4-9-17(14)19/h1-2,5,10-11H,3-4,6-9,12H2,(H2,22,23,24). The second-order valence-electron chi connectivity index (χ2n) is 6.87. The third kappa shape index (κ3) is 3.63. The van der Waals surface area contributed by atoms with Crippen LogP contribution < -0.4 is 10.0 Å². The van der Waals surface area contributed by atoms with Crippen molar-refractivity contribution in [2.75, 3.05) is 5.32 Å². The van der Waals surface area contributed by atoms with Crippen molar-refractivity contribution in [3.05, 3.63) is 62.6 Å². The lowest BCUT2D eigenvalue weighted by Crippen LogP contribution is -2.35. The van der Waals surface area contributed by atoms with E-state index in [1.54, 1.807) is 0 Å². The van der Waals surface area contributed by atoms with E-state index in [2.05, 4.69) is 32.0 Å². The molecule has 0 aromatic heterocycles. The van der Waals surface area contributed by atoms with Crippen LogP contribution in [0.5, 0.6) is 0 Å². The van der Waals surface area contributed by atoms with E-state index >= 15 is 0 Å². The van der Waals surface area contributed by atoms with Crippen molar-refractivity contribution in [1.29, 1.82) is 0 Å². The lowest BCUT2D eigenvalue weighted by atomic mass is 9.99. The van der Waals surface area contributed by atoms with E-state index in [0.29, 0.717) is 0 Å². The highest BCUT2D eigenvalue weighted by Gasteiger charge is 2.25. The van der Waals surface area contributed by atoms with Crippen LogP contribution in [-0.2, 0) is 42.8 Å². The topological polar surface area (TPSA) is 64.2 Å². The molecule has 0 heterocycles. The first kappa shape index (κ1) is 17.9. The average Bonchev–Trinajstić information content (AvgIpc) is 3.25. The summed E-state index contributed by atoms with van der Waals surface area (Å²) >= 11 is 1.98. The summed E-state index contributed by atoms with van der Waals surface area (Å²) in [5, 5.41) is 3.02. The number of hydrogen-bond donors (Lipinski definition) is 2. The Balaban J connectivity index is 1.47. The molecule has 0 radical (unpaired) electrons. The van der Waals surface area contributed by atoms with Crippen LogP contribution in [0.15, 0.2) is 34.8 Å². The van der Waals surface area contributed by atoms with Crippen molar-refractivity contribution in [3.8, 4) is 0 Å². The van der Waals surface area contributed by atoms with E-state index < -0.39 is 11.4 Å². The van der Waals surface area contributed by atoms with Gasteiger partial charge >= 0.3 is 6.03 Å². The monoisotopic (exact) mass is 432 g/mol. The number of carbonyl (C=O) groups is 1. The fraction of sp³-hybridized carbons (Fsp3) is 0.350. The van der Waals surface area contributed by atoms with Crippen LogP contribution in [-0.4, -0.2) is 10.6 Å². The zero-order chi connectivity index (χ0) is 18.1. The first-order valence-electron chi connectivity index (χ1n) is 8.98. The molecule has 0 saturated carbocycles. The van der Waals surface area contributed by atoms with Crippen molar-refractivity contribution in [1.82, 2.24) is 4.72 Å². The number of nitrogens with one attached hydrogen (secondary N) is 2. The van der Waals surface area contributed by atoms with Crippen LogP contribution in [0, 0.1) is 0 Å². The molecule has 0 bridgehead atoms. The molecular formula is C20H21BrN2O2S. The number of benzene rings is 2. The molecule has 1 unspecified atom stereocenters. The summed E-state index contributed by atoms with van der Waals surface area (Å²) < 4.78 is 15.8. The maximum Gasteiger partial charge on any atom is 0.360 e. The molecule has 0 spiro atoms. The van der Waals surface area contributed by atoms with Crippen LogP contribution in [0.1, 0.15) is 40.7 Å². The Labute approximate surface area is 165 Å². The number of fused-ring (bicyclic) bond motifs is 2. The zero-order valence-electron chi connectivity index (χ0n) is 14.4. The third-order valence-electron chi connectivity index (χ3n) is 5.16. The van der Waals surface area contributed by atoms with Gasteiger partial charge in [0.25, 0.3) is 0 Å². The van der Waals surface area contributed by atoms with Crippen LogP contribution in [0.4, 0.5) is 10.5 Å². The normalized spacial score (nSPS) is 16.1. The molecule has 2 aliphatic carbocycles. The van der Waals surface area contributed by atoms with E-state index in [0.717, 1.165) is 54.2 Å². The summed E-state index contributed by atoms with van der Waals surface area (Å²) in [6.45, 7) is 0. The quantitative estimate of drug-likeness (QED) is 0.702. The SMILES string of the molecule is O=C(Nc1c2c(cc3c1CCC3)CCC2)N[S+]([O-])Cc1ccccc1Br. The lowest BCUT2D eigenvalue weighted by molar-refractivity contribution is 0.256. The van der Waals surface area contributed by atoms with E-state index in [1.807, 2.05) is 24.3 Å². The zero-order valence-corrected chi connectivity index (χ0v) is 16.8. The lowest BCUT2D eigenvalue weighted by Gasteiger charge is -2.17. The maximum atomic E-state index is 12.5. The van der Waals surface area contributed by atoms with Gasteiger partial charge in [-0.1, -0.05) is 40.2 Å². The van der Waals surface area contributed by atoms with Crippen LogP contribution in [0.3, 0.4) is 0 Å². The Hall–Kier alpha value is -1.50. The predicted octanol–water partition coefficient (Wildman–Crippen LogP) is 4.41. The second-order valence-corrected chi connectivity index (χ2v) is 8.91. The van der Waals surface area contributed by atoms with E-state index in [9.17, 15) is 9.35 Å². The number of amides is 2. The van der Waals surface area contributed by atoms with Gasteiger partial charge in [0.1, 0.15) is 0 Å². The molecule has 2 amide bonds. The predicted molar refractivity (Wildman–Crippen MR) is 109 cm³/mol. The van der Waals surface area contributed by atoms with Gasteiger partial charge in [0.15, 0.2) is 5.75 Å². The van der Waals surface area contributed by atoms with Gasteiger partial charge in [-0.3, -0.25) is 0 Å². The fourth-order valence-electron chi connectivity index (χ4n) is 4.00. The van der Waals surface area contributed by atoms with Gasteiger partial charge in [0.2, 0.25) is 0 Å². The summed E-state index contributed by atoms with van der Waals surface area (Å²) in [6.07, 6.45) is 6.49. The first-order valence-corrected chi connectivity index (χ1v) is 11.1. The molecule has 2 aromatic carbocycles. The molecule has 2 aliphatic rings. The van der Waals surface area contributed by atoms with Gasteiger partial charge in [0, 0.05) is 15.7 Å². The molecule has 2 aromatic rings. The summed E-state index contributed by atoms with van der Waals surface area (Å²) in [5.74, 6) is 0.278. The van der Waals surface area contributed by atoms with Crippen LogP contribution in [0.2, 0.25) is 0 Å². The molecule has 4 rings (SSSR count). The number of rotatable bonds is 4. The van der Waals surface area contributed by atoms with E-state index in [4.69, 9.17) is 0 Å². The molecule has 26 heavy (non-hydrogen) atoms. The number of anilines is 1. The second kappa shape index (κ2) is 7.62. The summed E-state index contributed by atoms with van der Waals surface area (Å²) in [7, 11) is 0. The largest absolute Gasteiger partial charge is 0.593 e. The minimum atomic E-state index is -1.47. The van der Waals surface area contributed by atoms with E-state index in [1.165, 1.54) is 22.3 Å². The highest BCUT2D eigenvalue weighted by Crippen LogP contribution is 2.38. The third-order valence-corrected chi connectivity index (χ3v) is 6.92. The summed E-state index contributed by atoms with van der Waals surface area (Å²) in [4.78, 5) is 12.5. The number of hydrogen-bond acceptors (Lipinski definition) is 2. The van der Waals surface area contributed by atoms with E-state index in [-0.39, 0.29) is 11.8 Å². The first-order chi connectivity index (χ1) is 12.6. The minimum Gasteiger partial charge on any atom is -0.593 e. The van der Waals surface area contributed by atoms with Gasteiger partial charge in [-0.05, 0) is 66.8 Å². The average molecular weight is 433 g/mol. The molecule has 6 heteroatoms. The number of halogens is 1. The van der Waals surface area contributed by atoms with Crippen molar-refractivity contribution in [2.45, 2.75) is 44.3 Å². The maximum absolute atomic E-state index is 12.5.